The summed E-state index contributed by atoms with van der Waals surface area (Å²) in [6.07, 6.45) is 7.33. The Morgan fingerprint density at radius 1 is 1.16 bits per heavy atom. The van der Waals surface area contributed by atoms with Gasteiger partial charge in [-0.2, -0.15) is 0 Å². The smallest absolute Gasteiger partial charge is 0.222 e. The highest BCUT2D eigenvalue weighted by Gasteiger charge is 2.24. The van der Waals surface area contributed by atoms with Crippen molar-refractivity contribution in [2.45, 2.75) is 44.9 Å². The van der Waals surface area contributed by atoms with E-state index < -0.39 is 0 Å². The first kappa shape index (κ1) is 14.8. The molecule has 2 fully saturated rings. The normalized spacial score (nSPS) is 25.5. The van der Waals surface area contributed by atoms with Gasteiger partial charge in [0.1, 0.15) is 0 Å². The predicted octanol–water partition coefficient (Wildman–Crippen LogP) is 1.39. The van der Waals surface area contributed by atoms with Gasteiger partial charge in [0.25, 0.3) is 0 Å². The maximum Gasteiger partial charge on any atom is 0.222 e. The minimum atomic E-state index is 0.252. The van der Waals surface area contributed by atoms with Crippen LogP contribution in [-0.4, -0.2) is 48.7 Å². The van der Waals surface area contributed by atoms with E-state index in [0.29, 0.717) is 11.8 Å². The van der Waals surface area contributed by atoms with Crippen LogP contribution in [0.3, 0.4) is 0 Å². The van der Waals surface area contributed by atoms with Crippen molar-refractivity contribution in [1.82, 2.24) is 10.2 Å². The van der Waals surface area contributed by atoms with Gasteiger partial charge in [-0.3, -0.25) is 4.79 Å². The minimum Gasteiger partial charge on any atom is -0.396 e. The Morgan fingerprint density at radius 3 is 2.68 bits per heavy atom. The first-order valence-corrected chi connectivity index (χ1v) is 7.89. The van der Waals surface area contributed by atoms with Crippen molar-refractivity contribution in [1.29, 1.82) is 0 Å². The van der Waals surface area contributed by atoms with Gasteiger partial charge in [0.2, 0.25) is 5.91 Å². The molecule has 0 aliphatic carbocycles. The van der Waals surface area contributed by atoms with Crippen molar-refractivity contribution >= 4 is 5.91 Å². The third-order valence-electron chi connectivity index (χ3n) is 4.63. The summed E-state index contributed by atoms with van der Waals surface area (Å²) in [7, 11) is 0. The molecule has 2 heterocycles. The fourth-order valence-corrected chi connectivity index (χ4v) is 3.37. The highest BCUT2D eigenvalue weighted by molar-refractivity contribution is 5.76. The monoisotopic (exact) mass is 268 g/mol. The van der Waals surface area contributed by atoms with Crippen molar-refractivity contribution in [3.8, 4) is 0 Å². The van der Waals surface area contributed by atoms with Crippen molar-refractivity contribution in [2.24, 2.45) is 11.8 Å². The average Bonchev–Trinajstić information content (AvgIpc) is 2.46. The summed E-state index contributed by atoms with van der Waals surface area (Å²) in [4.78, 5) is 14.3. The molecule has 110 valence electrons. The Morgan fingerprint density at radius 2 is 1.95 bits per heavy atom. The number of hydrogen-bond donors (Lipinski definition) is 2. The molecule has 1 atom stereocenters. The highest BCUT2D eigenvalue weighted by atomic mass is 16.3. The van der Waals surface area contributed by atoms with Gasteiger partial charge in [0.15, 0.2) is 0 Å². The zero-order valence-electron chi connectivity index (χ0n) is 11.9. The molecule has 0 aromatic carbocycles. The molecule has 2 rings (SSSR count). The molecular formula is C15H28N2O2. The van der Waals surface area contributed by atoms with Crippen LogP contribution in [0, 0.1) is 11.8 Å². The summed E-state index contributed by atoms with van der Waals surface area (Å²) in [6.45, 7) is 4.27. The van der Waals surface area contributed by atoms with E-state index in [4.69, 9.17) is 5.11 Å². The maximum absolute atomic E-state index is 12.2. The van der Waals surface area contributed by atoms with Crippen molar-refractivity contribution in [2.75, 3.05) is 32.8 Å². The van der Waals surface area contributed by atoms with Crippen molar-refractivity contribution in [3.63, 3.8) is 0 Å². The van der Waals surface area contributed by atoms with Crippen LogP contribution in [0.2, 0.25) is 0 Å². The third-order valence-corrected chi connectivity index (χ3v) is 4.63. The topological polar surface area (TPSA) is 52.6 Å². The Labute approximate surface area is 116 Å². The van der Waals surface area contributed by atoms with Crippen LogP contribution in [0.25, 0.3) is 0 Å². The van der Waals surface area contributed by atoms with Gasteiger partial charge in [-0.05, 0) is 63.5 Å². The second-order valence-electron chi connectivity index (χ2n) is 6.09. The van der Waals surface area contributed by atoms with E-state index >= 15 is 0 Å². The Bertz CT molecular complexity index is 275. The van der Waals surface area contributed by atoms with Crippen molar-refractivity contribution in [3.05, 3.63) is 0 Å². The van der Waals surface area contributed by atoms with E-state index in [1.54, 1.807) is 0 Å². The lowest BCUT2D eigenvalue weighted by Gasteiger charge is -2.33. The Kier molecular flexibility index (Phi) is 6.11. The zero-order valence-corrected chi connectivity index (χ0v) is 11.9. The van der Waals surface area contributed by atoms with Crippen LogP contribution >= 0.6 is 0 Å². The van der Waals surface area contributed by atoms with Gasteiger partial charge in [-0.25, -0.2) is 0 Å². The van der Waals surface area contributed by atoms with E-state index in [1.165, 1.54) is 19.3 Å². The number of rotatable bonds is 5. The van der Waals surface area contributed by atoms with E-state index in [2.05, 4.69) is 5.32 Å². The van der Waals surface area contributed by atoms with Crippen molar-refractivity contribution < 1.29 is 9.90 Å². The van der Waals surface area contributed by atoms with Crippen LogP contribution in [0.15, 0.2) is 0 Å². The number of aliphatic hydroxyl groups is 1. The molecule has 4 heteroatoms. The molecular weight excluding hydrogens is 240 g/mol. The van der Waals surface area contributed by atoms with Crippen LogP contribution in [-0.2, 0) is 4.79 Å². The quantitative estimate of drug-likeness (QED) is 0.792. The molecule has 0 aromatic rings. The number of aliphatic hydroxyl groups excluding tert-OH is 1. The average molecular weight is 268 g/mol. The fraction of sp³-hybridized carbons (Fsp3) is 0.933. The lowest BCUT2D eigenvalue weighted by atomic mass is 9.92. The van der Waals surface area contributed by atoms with Gasteiger partial charge in [0.05, 0.1) is 0 Å². The molecule has 0 radical (unpaired) electrons. The maximum atomic E-state index is 12.2. The lowest BCUT2D eigenvalue weighted by molar-refractivity contribution is -0.133. The standard InChI is InChI=1S/C15H28N2O2/c18-11-7-14-2-1-10-17(12-14)15(19)4-3-13-5-8-16-9-6-13/h13-14,16,18H,1-12H2. The molecule has 4 nitrogen and oxygen atoms in total. The number of hydrogen-bond acceptors (Lipinski definition) is 3. The molecule has 1 amide bonds. The number of piperidine rings is 2. The number of carbonyl (C=O) groups excluding carboxylic acids is 1. The summed E-state index contributed by atoms with van der Waals surface area (Å²) in [6, 6.07) is 0. The van der Waals surface area contributed by atoms with Gasteiger partial charge in [-0.15, -0.1) is 0 Å². The first-order chi connectivity index (χ1) is 9.29. The number of likely N-dealkylation sites (tertiary alicyclic amines) is 1. The minimum absolute atomic E-state index is 0.252. The van der Waals surface area contributed by atoms with Gasteiger partial charge in [-0.1, -0.05) is 0 Å². The van der Waals surface area contributed by atoms with E-state index in [1.807, 2.05) is 4.90 Å². The number of amides is 1. The second kappa shape index (κ2) is 7.85. The largest absolute Gasteiger partial charge is 0.396 e. The number of nitrogens with zero attached hydrogens (tertiary/aromatic N) is 1. The van der Waals surface area contributed by atoms with Gasteiger partial charge in [0, 0.05) is 26.1 Å². The number of nitrogens with one attached hydrogen (secondary N) is 1. The molecule has 0 aromatic heterocycles. The molecule has 2 saturated heterocycles. The number of carbonyl (C=O) groups is 1. The summed E-state index contributed by atoms with van der Waals surface area (Å²) in [5, 5.41) is 12.4. The predicted molar refractivity (Wildman–Crippen MR) is 75.8 cm³/mol. The van der Waals surface area contributed by atoms with E-state index in [9.17, 15) is 4.79 Å². The van der Waals surface area contributed by atoms with Gasteiger partial charge >= 0.3 is 0 Å². The third kappa shape index (κ3) is 4.77. The van der Waals surface area contributed by atoms with Crippen LogP contribution in [0.4, 0.5) is 0 Å². The molecule has 0 bridgehead atoms. The Balaban J connectivity index is 1.69. The molecule has 2 aliphatic rings. The van der Waals surface area contributed by atoms with E-state index in [0.717, 1.165) is 57.8 Å². The summed E-state index contributed by atoms with van der Waals surface area (Å²) < 4.78 is 0. The highest BCUT2D eigenvalue weighted by Crippen LogP contribution is 2.22. The van der Waals surface area contributed by atoms with Crippen LogP contribution in [0.1, 0.15) is 44.9 Å². The fourth-order valence-electron chi connectivity index (χ4n) is 3.37. The zero-order chi connectivity index (χ0) is 13.5. The van der Waals surface area contributed by atoms with Crippen LogP contribution < -0.4 is 5.32 Å². The Hall–Kier alpha value is -0.610. The lowest BCUT2D eigenvalue weighted by Crippen LogP contribution is -2.40. The van der Waals surface area contributed by atoms with Crippen LogP contribution in [0.5, 0.6) is 0 Å². The first-order valence-electron chi connectivity index (χ1n) is 7.89. The molecule has 1 unspecified atom stereocenters. The van der Waals surface area contributed by atoms with E-state index in [-0.39, 0.29) is 6.61 Å². The molecule has 0 saturated carbocycles. The second-order valence-corrected chi connectivity index (χ2v) is 6.09. The SMILES string of the molecule is O=C(CCC1CCNCC1)N1CCCC(CCO)C1. The van der Waals surface area contributed by atoms with Gasteiger partial charge < -0.3 is 15.3 Å². The summed E-state index contributed by atoms with van der Waals surface area (Å²) >= 11 is 0. The summed E-state index contributed by atoms with van der Waals surface area (Å²) in [5.74, 6) is 1.59. The molecule has 19 heavy (non-hydrogen) atoms. The molecule has 2 N–H and O–H groups in total. The summed E-state index contributed by atoms with van der Waals surface area (Å²) in [5.41, 5.74) is 0. The molecule has 0 spiro atoms. The molecule has 2 aliphatic heterocycles.